The molecule has 2 heterocycles. The van der Waals surface area contributed by atoms with Crippen LogP contribution in [-0.4, -0.2) is 50.2 Å². The van der Waals surface area contributed by atoms with Gasteiger partial charge in [-0.25, -0.2) is 4.98 Å². The first-order chi connectivity index (χ1) is 10.2. The number of piperazine rings is 1. The molecule has 0 spiro atoms. The summed E-state index contributed by atoms with van der Waals surface area (Å²) in [7, 11) is 0. The molecule has 2 aromatic rings. The van der Waals surface area contributed by atoms with Gasteiger partial charge < -0.3 is 9.80 Å². The maximum atomic E-state index is 12.1. The van der Waals surface area contributed by atoms with Crippen LogP contribution in [0.4, 0.5) is 5.13 Å². The van der Waals surface area contributed by atoms with Crippen LogP contribution in [0.1, 0.15) is 6.92 Å². The van der Waals surface area contributed by atoms with Gasteiger partial charge in [-0.05, 0) is 19.1 Å². The third-order valence-electron chi connectivity index (χ3n) is 4.12. The molecule has 0 radical (unpaired) electrons. The molecule has 112 valence electrons. The van der Waals surface area contributed by atoms with E-state index >= 15 is 0 Å². The van der Waals surface area contributed by atoms with Crippen LogP contribution in [0.3, 0.4) is 0 Å². The summed E-state index contributed by atoms with van der Waals surface area (Å²) >= 11 is 1.54. The molecule has 1 aliphatic heterocycles. The van der Waals surface area contributed by atoms with E-state index in [2.05, 4.69) is 17.2 Å². The molecule has 0 aliphatic carbocycles. The summed E-state index contributed by atoms with van der Waals surface area (Å²) in [6.07, 6.45) is 0. The molecular formula is C15H22N4OS+2. The van der Waals surface area contributed by atoms with Crippen LogP contribution in [0.25, 0.3) is 10.2 Å². The molecule has 3 rings (SSSR count). The van der Waals surface area contributed by atoms with Crippen LogP contribution < -0.4 is 15.1 Å². The summed E-state index contributed by atoms with van der Waals surface area (Å²) in [4.78, 5) is 19.6. The van der Waals surface area contributed by atoms with E-state index in [1.54, 1.807) is 4.90 Å². The standard InChI is InChI=1S/C15H20N4OS/c1-2-18-7-9-19(10-8-18)11-14(20)17-15-16-12-5-3-4-6-13(12)21-15/h3-6H,2,7-11H2,1H3,(H,16,17,20)/p+2. The second-order valence-corrected chi connectivity index (χ2v) is 6.60. The van der Waals surface area contributed by atoms with Gasteiger partial charge in [-0.3, -0.25) is 10.1 Å². The van der Waals surface area contributed by atoms with E-state index in [9.17, 15) is 4.79 Å². The Kier molecular flexibility index (Phi) is 4.48. The van der Waals surface area contributed by atoms with Crippen molar-refractivity contribution >= 4 is 32.6 Å². The largest absolute Gasteiger partial charge is 0.326 e. The van der Waals surface area contributed by atoms with Gasteiger partial charge in [-0.15, -0.1) is 0 Å². The smallest absolute Gasteiger partial charge is 0.281 e. The van der Waals surface area contributed by atoms with Gasteiger partial charge in [0.1, 0.15) is 26.2 Å². The maximum absolute atomic E-state index is 12.1. The molecule has 0 bridgehead atoms. The number of benzene rings is 1. The SMILES string of the molecule is CC[NH+]1CC[NH+](CC(=O)Nc2nc3ccccc3s2)CC1. The molecule has 1 fully saturated rings. The first-order valence-electron chi connectivity index (χ1n) is 7.57. The number of anilines is 1. The molecule has 3 N–H and O–H groups in total. The zero-order valence-electron chi connectivity index (χ0n) is 12.3. The Balaban J connectivity index is 1.54. The summed E-state index contributed by atoms with van der Waals surface area (Å²) < 4.78 is 1.11. The van der Waals surface area contributed by atoms with Crippen LogP contribution in [0, 0.1) is 0 Å². The van der Waals surface area contributed by atoms with Crippen molar-refractivity contribution in [1.82, 2.24) is 4.98 Å². The highest BCUT2D eigenvalue weighted by atomic mass is 32.1. The number of nitrogens with zero attached hydrogens (tertiary/aromatic N) is 1. The number of amides is 1. The Morgan fingerprint density at radius 2 is 1.95 bits per heavy atom. The summed E-state index contributed by atoms with van der Waals surface area (Å²) in [5.41, 5.74) is 0.949. The van der Waals surface area contributed by atoms with Crippen LogP contribution >= 0.6 is 11.3 Å². The van der Waals surface area contributed by atoms with Crippen LogP contribution in [-0.2, 0) is 4.79 Å². The van der Waals surface area contributed by atoms with Crippen molar-refractivity contribution < 1.29 is 14.6 Å². The number of likely N-dealkylation sites (N-methyl/N-ethyl adjacent to an activating group) is 1. The molecule has 1 saturated heterocycles. The predicted octanol–water partition coefficient (Wildman–Crippen LogP) is -0.962. The molecule has 1 amide bonds. The zero-order chi connectivity index (χ0) is 14.7. The second-order valence-electron chi connectivity index (χ2n) is 5.57. The third-order valence-corrected chi connectivity index (χ3v) is 5.07. The number of hydrogen-bond acceptors (Lipinski definition) is 3. The number of aromatic nitrogens is 1. The van der Waals surface area contributed by atoms with Gasteiger partial charge in [0, 0.05) is 0 Å². The van der Waals surface area contributed by atoms with Crippen molar-refractivity contribution in [3.8, 4) is 0 Å². The van der Waals surface area contributed by atoms with Gasteiger partial charge in [0.2, 0.25) is 0 Å². The molecule has 0 unspecified atom stereocenters. The highest BCUT2D eigenvalue weighted by molar-refractivity contribution is 7.22. The molecule has 1 aliphatic rings. The second kappa shape index (κ2) is 6.51. The van der Waals surface area contributed by atoms with Gasteiger partial charge in [0.05, 0.1) is 16.8 Å². The number of carbonyl (C=O) groups is 1. The van der Waals surface area contributed by atoms with Crippen molar-refractivity contribution in [2.75, 3.05) is 44.6 Å². The van der Waals surface area contributed by atoms with Crippen molar-refractivity contribution in [3.63, 3.8) is 0 Å². The Hall–Kier alpha value is -1.50. The number of rotatable bonds is 4. The fourth-order valence-electron chi connectivity index (χ4n) is 2.80. The highest BCUT2D eigenvalue weighted by Crippen LogP contribution is 2.24. The van der Waals surface area contributed by atoms with Crippen molar-refractivity contribution in [2.24, 2.45) is 0 Å². The summed E-state index contributed by atoms with van der Waals surface area (Å²) in [5.74, 6) is 0.0732. The minimum absolute atomic E-state index is 0.0732. The molecule has 1 aromatic carbocycles. The lowest BCUT2D eigenvalue weighted by Crippen LogP contribution is -3.28. The molecule has 0 atom stereocenters. The minimum Gasteiger partial charge on any atom is -0.326 e. The van der Waals surface area contributed by atoms with E-state index in [0.717, 1.165) is 23.3 Å². The average Bonchev–Trinajstić information content (AvgIpc) is 2.90. The lowest BCUT2D eigenvalue weighted by atomic mass is 10.3. The van der Waals surface area contributed by atoms with Gasteiger partial charge in [0.15, 0.2) is 11.7 Å². The molecular weight excluding hydrogens is 284 g/mol. The molecule has 0 saturated carbocycles. The number of fused-ring (bicyclic) bond motifs is 1. The van der Waals surface area contributed by atoms with Gasteiger partial charge in [-0.2, -0.15) is 0 Å². The first kappa shape index (κ1) is 14.4. The van der Waals surface area contributed by atoms with E-state index in [1.807, 2.05) is 24.3 Å². The van der Waals surface area contributed by atoms with Crippen LogP contribution in [0.15, 0.2) is 24.3 Å². The van der Waals surface area contributed by atoms with E-state index in [0.29, 0.717) is 11.7 Å². The number of carbonyl (C=O) groups excluding carboxylic acids is 1. The Labute approximate surface area is 128 Å². The Morgan fingerprint density at radius 1 is 1.24 bits per heavy atom. The van der Waals surface area contributed by atoms with Gasteiger partial charge >= 0.3 is 0 Å². The number of thiazole rings is 1. The van der Waals surface area contributed by atoms with Crippen LogP contribution in [0.2, 0.25) is 0 Å². The number of para-hydroxylation sites is 1. The van der Waals surface area contributed by atoms with Crippen LogP contribution in [0.5, 0.6) is 0 Å². The predicted molar refractivity (Wildman–Crippen MR) is 85.1 cm³/mol. The Morgan fingerprint density at radius 3 is 2.67 bits per heavy atom. The quantitative estimate of drug-likeness (QED) is 0.681. The van der Waals surface area contributed by atoms with E-state index in [1.165, 1.54) is 35.9 Å². The average molecular weight is 306 g/mol. The monoisotopic (exact) mass is 306 g/mol. The fraction of sp³-hybridized carbons (Fsp3) is 0.467. The van der Waals surface area contributed by atoms with Gasteiger partial charge in [-0.1, -0.05) is 23.5 Å². The molecule has 5 nitrogen and oxygen atoms in total. The summed E-state index contributed by atoms with van der Waals surface area (Å²) in [5, 5.41) is 3.65. The topological polar surface area (TPSA) is 50.9 Å². The normalized spacial score (nSPS) is 22.3. The molecule has 6 heteroatoms. The molecule has 21 heavy (non-hydrogen) atoms. The third kappa shape index (κ3) is 3.58. The van der Waals surface area contributed by atoms with Crippen molar-refractivity contribution in [2.45, 2.75) is 6.92 Å². The van der Waals surface area contributed by atoms with E-state index < -0.39 is 0 Å². The number of quaternary nitrogens is 2. The number of hydrogen-bond donors (Lipinski definition) is 3. The lowest BCUT2D eigenvalue weighted by Gasteiger charge is -2.28. The summed E-state index contributed by atoms with van der Waals surface area (Å²) in [6, 6.07) is 7.96. The van der Waals surface area contributed by atoms with E-state index in [-0.39, 0.29) is 5.91 Å². The number of nitrogens with one attached hydrogen (secondary N) is 3. The van der Waals surface area contributed by atoms with Crippen molar-refractivity contribution in [3.05, 3.63) is 24.3 Å². The van der Waals surface area contributed by atoms with Gasteiger partial charge in [0.25, 0.3) is 5.91 Å². The van der Waals surface area contributed by atoms with Crippen molar-refractivity contribution in [1.29, 1.82) is 0 Å². The highest BCUT2D eigenvalue weighted by Gasteiger charge is 2.23. The Bertz CT molecular complexity index is 586. The minimum atomic E-state index is 0.0732. The maximum Gasteiger partial charge on any atom is 0.281 e. The van der Waals surface area contributed by atoms with E-state index in [4.69, 9.17) is 0 Å². The fourth-order valence-corrected chi connectivity index (χ4v) is 3.69. The zero-order valence-corrected chi connectivity index (χ0v) is 13.1. The summed E-state index contributed by atoms with van der Waals surface area (Å²) in [6.45, 7) is 8.45. The lowest BCUT2D eigenvalue weighted by molar-refractivity contribution is -1.01. The molecule has 1 aromatic heterocycles. The first-order valence-corrected chi connectivity index (χ1v) is 8.39.